The lowest BCUT2D eigenvalue weighted by molar-refractivity contribution is -0.137. The molecule has 1 unspecified atom stereocenters. The van der Waals surface area contributed by atoms with Gasteiger partial charge < -0.3 is 10.6 Å². The summed E-state index contributed by atoms with van der Waals surface area (Å²) in [5, 5.41) is 5.56. The average Bonchev–Trinajstić information content (AvgIpc) is 2.34. The second kappa shape index (κ2) is 5.86. The van der Waals surface area contributed by atoms with Crippen LogP contribution in [0.2, 0.25) is 0 Å². The van der Waals surface area contributed by atoms with Gasteiger partial charge in [-0.3, -0.25) is 4.79 Å². The van der Waals surface area contributed by atoms with Crippen molar-refractivity contribution < 1.29 is 18.0 Å². The number of nitrogens with one attached hydrogen (secondary N) is 2. The standard InChI is InChI=1S/C12H15F3N2O/c1-8(16-2)7-17-11(18)9-3-5-10(6-4-9)12(13,14)15/h3-6,8,16H,7H2,1-2H3,(H,17,18). The first-order valence-electron chi connectivity index (χ1n) is 5.47. The number of halogens is 3. The van der Waals surface area contributed by atoms with Crippen molar-refractivity contribution in [2.45, 2.75) is 19.1 Å². The third kappa shape index (κ3) is 4.03. The van der Waals surface area contributed by atoms with Gasteiger partial charge in [-0.15, -0.1) is 0 Å². The van der Waals surface area contributed by atoms with E-state index in [1.165, 1.54) is 12.1 Å². The van der Waals surface area contributed by atoms with E-state index in [1.54, 1.807) is 7.05 Å². The summed E-state index contributed by atoms with van der Waals surface area (Å²) in [6.45, 7) is 2.30. The number of amides is 1. The molecule has 0 aromatic heterocycles. The summed E-state index contributed by atoms with van der Waals surface area (Å²) < 4.78 is 36.9. The normalized spacial score (nSPS) is 13.2. The summed E-state index contributed by atoms with van der Waals surface area (Å²) in [6.07, 6.45) is -4.38. The van der Waals surface area contributed by atoms with E-state index in [1.807, 2.05) is 6.92 Å². The first-order chi connectivity index (χ1) is 8.34. The summed E-state index contributed by atoms with van der Waals surface area (Å²) in [7, 11) is 1.76. The summed E-state index contributed by atoms with van der Waals surface area (Å²) in [6, 6.07) is 4.24. The molecule has 0 saturated heterocycles. The Bertz CT molecular complexity index is 401. The van der Waals surface area contributed by atoms with Gasteiger partial charge in [-0.25, -0.2) is 0 Å². The zero-order valence-electron chi connectivity index (χ0n) is 10.1. The Balaban J connectivity index is 2.65. The summed E-state index contributed by atoms with van der Waals surface area (Å²) >= 11 is 0. The van der Waals surface area contributed by atoms with Crippen LogP contribution in [-0.4, -0.2) is 25.5 Å². The number of rotatable bonds is 4. The molecule has 3 nitrogen and oxygen atoms in total. The maximum absolute atomic E-state index is 12.3. The zero-order chi connectivity index (χ0) is 13.8. The number of carbonyl (C=O) groups excluding carboxylic acids is 1. The number of hydrogen-bond donors (Lipinski definition) is 2. The Morgan fingerprint density at radius 1 is 1.28 bits per heavy atom. The van der Waals surface area contributed by atoms with Crippen LogP contribution in [0.15, 0.2) is 24.3 Å². The maximum atomic E-state index is 12.3. The molecule has 0 fully saturated rings. The molecule has 0 bridgehead atoms. The van der Waals surface area contributed by atoms with E-state index >= 15 is 0 Å². The van der Waals surface area contributed by atoms with E-state index in [-0.39, 0.29) is 17.5 Å². The highest BCUT2D eigenvalue weighted by atomic mass is 19.4. The van der Waals surface area contributed by atoms with E-state index in [9.17, 15) is 18.0 Å². The molecule has 0 radical (unpaired) electrons. The molecule has 18 heavy (non-hydrogen) atoms. The molecule has 1 atom stereocenters. The molecule has 0 spiro atoms. The lowest BCUT2D eigenvalue weighted by Crippen LogP contribution is -2.37. The number of hydrogen-bond acceptors (Lipinski definition) is 2. The van der Waals surface area contributed by atoms with Crippen molar-refractivity contribution in [1.82, 2.24) is 10.6 Å². The van der Waals surface area contributed by atoms with Gasteiger partial charge in [-0.05, 0) is 38.2 Å². The molecule has 0 saturated carbocycles. The molecular weight excluding hydrogens is 245 g/mol. The number of alkyl halides is 3. The lowest BCUT2D eigenvalue weighted by Gasteiger charge is -2.12. The molecule has 1 aromatic carbocycles. The Morgan fingerprint density at radius 3 is 2.28 bits per heavy atom. The molecule has 1 rings (SSSR count). The molecule has 2 N–H and O–H groups in total. The van der Waals surface area contributed by atoms with E-state index in [4.69, 9.17) is 0 Å². The monoisotopic (exact) mass is 260 g/mol. The Morgan fingerprint density at radius 2 is 1.83 bits per heavy atom. The number of benzene rings is 1. The van der Waals surface area contributed by atoms with Crippen LogP contribution in [0.25, 0.3) is 0 Å². The number of carbonyl (C=O) groups is 1. The minimum absolute atomic E-state index is 0.100. The molecule has 0 heterocycles. The van der Waals surface area contributed by atoms with E-state index in [2.05, 4.69) is 10.6 Å². The lowest BCUT2D eigenvalue weighted by atomic mass is 10.1. The van der Waals surface area contributed by atoms with E-state index < -0.39 is 11.7 Å². The van der Waals surface area contributed by atoms with Gasteiger partial charge in [-0.2, -0.15) is 13.2 Å². The Hall–Kier alpha value is -1.56. The van der Waals surface area contributed by atoms with Crippen molar-refractivity contribution in [2.75, 3.05) is 13.6 Å². The molecule has 0 aliphatic heterocycles. The van der Waals surface area contributed by atoms with E-state index in [0.717, 1.165) is 12.1 Å². The summed E-state index contributed by atoms with van der Waals surface area (Å²) in [5.74, 6) is -0.383. The van der Waals surface area contributed by atoms with E-state index in [0.29, 0.717) is 6.54 Å². The summed E-state index contributed by atoms with van der Waals surface area (Å²) in [5.41, 5.74) is -0.547. The zero-order valence-corrected chi connectivity index (χ0v) is 10.1. The summed E-state index contributed by atoms with van der Waals surface area (Å²) in [4.78, 5) is 11.6. The van der Waals surface area contributed by atoms with Gasteiger partial charge in [0.25, 0.3) is 5.91 Å². The molecule has 6 heteroatoms. The van der Waals surface area contributed by atoms with Gasteiger partial charge in [0.05, 0.1) is 5.56 Å². The van der Waals surface area contributed by atoms with Crippen molar-refractivity contribution in [3.05, 3.63) is 35.4 Å². The van der Waals surface area contributed by atoms with Gasteiger partial charge in [0.1, 0.15) is 0 Å². The average molecular weight is 260 g/mol. The molecule has 1 aromatic rings. The smallest absolute Gasteiger partial charge is 0.350 e. The first kappa shape index (κ1) is 14.5. The molecule has 0 aliphatic rings. The van der Waals surface area contributed by atoms with Crippen LogP contribution in [0.3, 0.4) is 0 Å². The predicted octanol–water partition coefficient (Wildman–Crippen LogP) is 2.04. The fraction of sp³-hybridized carbons (Fsp3) is 0.417. The van der Waals surface area contributed by atoms with Crippen LogP contribution in [0.5, 0.6) is 0 Å². The minimum Gasteiger partial charge on any atom is -0.350 e. The highest BCUT2D eigenvalue weighted by Crippen LogP contribution is 2.28. The molecule has 0 aliphatic carbocycles. The quantitative estimate of drug-likeness (QED) is 0.870. The topological polar surface area (TPSA) is 41.1 Å². The molecule has 100 valence electrons. The van der Waals surface area contributed by atoms with Crippen molar-refractivity contribution >= 4 is 5.91 Å². The second-order valence-corrected chi connectivity index (χ2v) is 3.97. The van der Waals surface area contributed by atoms with Gasteiger partial charge in [0, 0.05) is 18.2 Å². The van der Waals surface area contributed by atoms with Gasteiger partial charge in [0.2, 0.25) is 0 Å². The molecule has 1 amide bonds. The van der Waals surface area contributed by atoms with Crippen LogP contribution >= 0.6 is 0 Å². The maximum Gasteiger partial charge on any atom is 0.416 e. The fourth-order valence-electron chi connectivity index (χ4n) is 1.26. The second-order valence-electron chi connectivity index (χ2n) is 3.97. The van der Waals surface area contributed by atoms with Crippen molar-refractivity contribution in [1.29, 1.82) is 0 Å². The first-order valence-corrected chi connectivity index (χ1v) is 5.47. The largest absolute Gasteiger partial charge is 0.416 e. The van der Waals surface area contributed by atoms with Crippen LogP contribution < -0.4 is 10.6 Å². The molecular formula is C12H15F3N2O. The third-order valence-electron chi connectivity index (χ3n) is 2.54. The van der Waals surface area contributed by atoms with Gasteiger partial charge >= 0.3 is 6.18 Å². The number of likely N-dealkylation sites (N-methyl/N-ethyl adjacent to an activating group) is 1. The van der Waals surface area contributed by atoms with Gasteiger partial charge in [-0.1, -0.05) is 0 Å². The van der Waals surface area contributed by atoms with Crippen molar-refractivity contribution in [3.63, 3.8) is 0 Å². The van der Waals surface area contributed by atoms with Crippen LogP contribution in [0.1, 0.15) is 22.8 Å². The van der Waals surface area contributed by atoms with Gasteiger partial charge in [0.15, 0.2) is 0 Å². The SMILES string of the molecule is CNC(C)CNC(=O)c1ccc(C(F)(F)F)cc1. The van der Waals surface area contributed by atoms with Crippen molar-refractivity contribution in [3.8, 4) is 0 Å². The fourth-order valence-corrected chi connectivity index (χ4v) is 1.26. The minimum atomic E-state index is -4.38. The van der Waals surface area contributed by atoms with Crippen molar-refractivity contribution in [2.24, 2.45) is 0 Å². The van der Waals surface area contributed by atoms with Crippen LogP contribution in [0, 0.1) is 0 Å². The van der Waals surface area contributed by atoms with Crippen LogP contribution in [0.4, 0.5) is 13.2 Å². The Kier molecular flexibility index (Phi) is 4.72. The highest BCUT2D eigenvalue weighted by molar-refractivity contribution is 5.94. The predicted molar refractivity (Wildman–Crippen MR) is 62.3 cm³/mol. The third-order valence-corrected chi connectivity index (χ3v) is 2.54. The van der Waals surface area contributed by atoms with Crippen LogP contribution in [-0.2, 0) is 6.18 Å². The highest BCUT2D eigenvalue weighted by Gasteiger charge is 2.30. The Labute approximate surface area is 103 Å².